The fourth-order valence-electron chi connectivity index (χ4n) is 2.56. The molecule has 0 saturated heterocycles. The van der Waals surface area contributed by atoms with Crippen molar-refractivity contribution in [2.75, 3.05) is 7.11 Å². The Hall–Kier alpha value is -2.50. The Bertz CT molecular complexity index is 713. The molecule has 0 radical (unpaired) electrons. The highest BCUT2D eigenvalue weighted by molar-refractivity contribution is 5.71. The quantitative estimate of drug-likeness (QED) is 0.802. The fourth-order valence-corrected chi connectivity index (χ4v) is 2.56. The van der Waals surface area contributed by atoms with Gasteiger partial charge in [-0.2, -0.15) is 0 Å². The van der Waals surface area contributed by atoms with Crippen LogP contribution in [0.3, 0.4) is 0 Å². The molecule has 6 nitrogen and oxygen atoms in total. The van der Waals surface area contributed by atoms with Crippen molar-refractivity contribution in [3.05, 3.63) is 51.4 Å². The first-order valence-corrected chi connectivity index (χ1v) is 7.53. The number of aromatic amines is 2. The van der Waals surface area contributed by atoms with Crippen LogP contribution in [0.15, 0.2) is 29.1 Å². The molecule has 0 aliphatic carbocycles. The molecular formula is C17H22N2O4. The molecule has 0 saturated carbocycles. The molecule has 0 amide bonds. The van der Waals surface area contributed by atoms with Crippen LogP contribution in [-0.2, 0) is 9.53 Å². The molecule has 0 unspecified atom stereocenters. The monoisotopic (exact) mass is 318 g/mol. The molecule has 23 heavy (non-hydrogen) atoms. The lowest BCUT2D eigenvalue weighted by Crippen LogP contribution is -2.17. The van der Waals surface area contributed by atoms with Crippen LogP contribution in [0.5, 0.6) is 5.75 Å². The number of hydrogen-bond acceptors (Lipinski definition) is 4. The second-order valence-electron chi connectivity index (χ2n) is 5.69. The number of nitrogens with one attached hydrogen (secondary N) is 2. The van der Waals surface area contributed by atoms with E-state index in [1.54, 1.807) is 6.92 Å². The number of H-pyrrole nitrogens is 2. The van der Waals surface area contributed by atoms with Crippen molar-refractivity contribution in [1.29, 1.82) is 0 Å². The van der Waals surface area contributed by atoms with Gasteiger partial charge in [0.15, 0.2) is 0 Å². The molecule has 124 valence electrons. The summed E-state index contributed by atoms with van der Waals surface area (Å²) in [6.45, 7) is 5.71. The summed E-state index contributed by atoms with van der Waals surface area (Å²) in [6, 6.07) is 7.43. The predicted octanol–water partition coefficient (Wildman–Crippen LogP) is 2.49. The van der Waals surface area contributed by atoms with Gasteiger partial charge in [0.1, 0.15) is 5.75 Å². The Labute approximate surface area is 134 Å². The standard InChI is InChI=1S/C17H22N2O4/c1-10(2)23-13-7-5-12(6-8-13)14(9-15(20)22-4)16-11(3)18-19-17(16)21/h5-8,10,14H,9H2,1-4H3,(H2,18,19,21)/t14-/m1/s1. The first kappa shape index (κ1) is 16.9. The fraction of sp³-hybridized carbons (Fsp3) is 0.412. The SMILES string of the molecule is COC(=O)C[C@H](c1ccc(OC(C)C)cc1)c1c(C)[nH][nH]c1=O. The number of carbonyl (C=O) groups excluding carboxylic acids is 1. The topological polar surface area (TPSA) is 84.2 Å². The van der Waals surface area contributed by atoms with Crippen LogP contribution >= 0.6 is 0 Å². The number of carbonyl (C=O) groups is 1. The zero-order valence-corrected chi connectivity index (χ0v) is 13.8. The molecule has 1 aromatic heterocycles. The molecule has 0 aliphatic heterocycles. The van der Waals surface area contributed by atoms with E-state index in [1.807, 2.05) is 38.1 Å². The third kappa shape index (κ3) is 4.03. The summed E-state index contributed by atoms with van der Waals surface area (Å²) >= 11 is 0. The maximum atomic E-state index is 12.1. The molecule has 2 N–H and O–H groups in total. The van der Waals surface area contributed by atoms with Gasteiger partial charge in [-0.05, 0) is 38.5 Å². The summed E-state index contributed by atoms with van der Waals surface area (Å²) in [5, 5.41) is 5.36. The van der Waals surface area contributed by atoms with Gasteiger partial charge >= 0.3 is 5.97 Å². The Morgan fingerprint density at radius 3 is 2.30 bits per heavy atom. The highest BCUT2D eigenvalue weighted by atomic mass is 16.5. The van der Waals surface area contributed by atoms with Gasteiger partial charge in [-0.15, -0.1) is 0 Å². The Balaban J connectivity index is 2.38. The zero-order valence-electron chi connectivity index (χ0n) is 13.8. The minimum absolute atomic E-state index is 0.0847. The van der Waals surface area contributed by atoms with E-state index in [2.05, 4.69) is 10.2 Å². The van der Waals surface area contributed by atoms with Gasteiger partial charge in [0.25, 0.3) is 5.56 Å². The van der Waals surface area contributed by atoms with Crippen LogP contribution in [0.2, 0.25) is 0 Å². The molecule has 2 aromatic rings. The van der Waals surface area contributed by atoms with E-state index in [0.29, 0.717) is 11.3 Å². The first-order chi connectivity index (χ1) is 10.9. The van der Waals surface area contributed by atoms with Gasteiger partial charge in [0, 0.05) is 17.2 Å². The van der Waals surface area contributed by atoms with Crippen molar-refractivity contribution in [3.8, 4) is 5.75 Å². The molecule has 0 bridgehead atoms. The summed E-state index contributed by atoms with van der Waals surface area (Å²) < 4.78 is 10.4. The molecule has 6 heteroatoms. The van der Waals surface area contributed by atoms with Crippen molar-refractivity contribution >= 4 is 5.97 Å². The lowest BCUT2D eigenvalue weighted by molar-refractivity contribution is -0.140. The largest absolute Gasteiger partial charge is 0.491 e. The van der Waals surface area contributed by atoms with Crippen LogP contribution < -0.4 is 10.3 Å². The van der Waals surface area contributed by atoms with E-state index in [0.717, 1.165) is 11.3 Å². The van der Waals surface area contributed by atoms with Gasteiger partial charge in [-0.25, -0.2) is 0 Å². The average molecular weight is 318 g/mol. The van der Waals surface area contributed by atoms with Gasteiger partial charge in [0.2, 0.25) is 0 Å². The van der Waals surface area contributed by atoms with Crippen molar-refractivity contribution in [2.24, 2.45) is 0 Å². The Morgan fingerprint density at radius 2 is 1.83 bits per heavy atom. The second kappa shape index (κ2) is 7.17. The number of methoxy groups -OCH3 is 1. The maximum Gasteiger partial charge on any atom is 0.306 e. The van der Waals surface area contributed by atoms with Crippen molar-refractivity contribution in [2.45, 2.75) is 39.2 Å². The smallest absolute Gasteiger partial charge is 0.306 e. The third-order valence-corrected chi connectivity index (χ3v) is 3.61. The Kier molecular flexibility index (Phi) is 5.26. The van der Waals surface area contributed by atoms with Gasteiger partial charge in [-0.3, -0.25) is 14.7 Å². The van der Waals surface area contributed by atoms with E-state index in [-0.39, 0.29) is 30.0 Å². The minimum Gasteiger partial charge on any atom is -0.491 e. The maximum absolute atomic E-state index is 12.1. The van der Waals surface area contributed by atoms with E-state index >= 15 is 0 Å². The normalized spacial score (nSPS) is 12.2. The van der Waals surface area contributed by atoms with Crippen molar-refractivity contribution in [3.63, 3.8) is 0 Å². The molecule has 0 spiro atoms. The van der Waals surface area contributed by atoms with Crippen LogP contribution in [0.4, 0.5) is 0 Å². The first-order valence-electron chi connectivity index (χ1n) is 7.53. The van der Waals surface area contributed by atoms with Gasteiger partial charge in [-0.1, -0.05) is 12.1 Å². The van der Waals surface area contributed by atoms with Crippen LogP contribution in [0, 0.1) is 6.92 Å². The van der Waals surface area contributed by atoms with Crippen LogP contribution in [0.25, 0.3) is 0 Å². The van der Waals surface area contributed by atoms with Gasteiger partial charge in [0.05, 0.1) is 19.6 Å². The summed E-state index contributed by atoms with van der Waals surface area (Å²) in [6.07, 6.45) is 0.185. The third-order valence-electron chi connectivity index (χ3n) is 3.61. The molecule has 2 rings (SSSR count). The lowest BCUT2D eigenvalue weighted by Gasteiger charge is -2.16. The van der Waals surface area contributed by atoms with Crippen LogP contribution in [-0.4, -0.2) is 29.4 Å². The Morgan fingerprint density at radius 1 is 1.17 bits per heavy atom. The number of esters is 1. The van der Waals surface area contributed by atoms with Crippen LogP contribution in [0.1, 0.15) is 43.0 Å². The van der Waals surface area contributed by atoms with Crippen molar-refractivity contribution in [1.82, 2.24) is 10.2 Å². The van der Waals surface area contributed by atoms with E-state index < -0.39 is 0 Å². The summed E-state index contributed by atoms with van der Waals surface area (Å²) in [5.74, 6) is 0.0170. The molecule has 1 atom stereocenters. The summed E-state index contributed by atoms with van der Waals surface area (Å²) in [7, 11) is 1.34. The van der Waals surface area contributed by atoms with Crippen molar-refractivity contribution < 1.29 is 14.3 Å². The number of rotatable bonds is 6. The van der Waals surface area contributed by atoms with E-state index in [4.69, 9.17) is 9.47 Å². The summed E-state index contributed by atoms with van der Waals surface area (Å²) in [5.41, 5.74) is 1.90. The molecule has 0 fully saturated rings. The minimum atomic E-state index is -0.370. The molecular weight excluding hydrogens is 296 g/mol. The second-order valence-corrected chi connectivity index (χ2v) is 5.69. The van der Waals surface area contributed by atoms with Gasteiger partial charge < -0.3 is 14.6 Å². The highest BCUT2D eigenvalue weighted by Crippen LogP contribution is 2.29. The van der Waals surface area contributed by atoms with E-state index in [9.17, 15) is 9.59 Å². The number of hydrogen-bond donors (Lipinski definition) is 2. The molecule has 1 aromatic carbocycles. The predicted molar refractivity (Wildman–Crippen MR) is 86.8 cm³/mol. The molecule has 0 aliphatic rings. The average Bonchev–Trinajstić information content (AvgIpc) is 2.84. The number of aromatic nitrogens is 2. The number of benzene rings is 1. The zero-order chi connectivity index (χ0) is 17.0. The lowest BCUT2D eigenvalue weighted by atomic mass is 9.88. The van der Waals surface area contributed by atoms with E-state index in [1.165, 1.54) is 7.11 Å². The summed E-state index contributed by atoms with van der Waals surface area (Å²) in [4.78, 5) is 23.8. The number of ether oxygens (including phenoxy) is 2. The highest BCUT2D eigenvalue weighted by Gasteiger charge is 2.24. The number of aryl methyl sites for hydroxylation is 1. The molecule has 1 heterocycles.